The number of anilines is 1. The summed E-state index contributed by atoms with van der Waals surface area (Å²) in [7, 11) is 0. The number of alkyl halides is 3. The lowest BCUT2D eigenvalue weighted by Crippen LogP contribution is -2.29. The molecular formula is C12H14F3N. The third kappa shape index (κ3) is 2.01. The second kappa shape index (κ2) is 4.00. The Morgan fingerprint density at radius 1 is 1.31 bits per heavy atom. The summed E-state index contributed by atoms with van der Waals surface area (Å²) in [6.45, 7) is 3.58. The first kappa shape index (κ1) is 11.3. The Bertz CT molecular complexity index is 384. The summed E-state index contributed by atoms with van der Waals surface area (Å²) in [5.74, 6) is 0. The number of aryl methyl sites for hydroxylation is 1. The summed E-state index contributed by atoms with van der Waals surface area (Å²) in [4.78, 5) is 2.01. The summed E-state index contributed by atoms with van der Waals surface area (Å²) in [5.41, 5.74) is 1.23. The first-order valence-electron chi connectivity index (χ1n) is 5.47. The number of hydrogen-bond acceptors (Lipinski definition) is 1. The molecule has 1 aliphatic heterocycles. The molecule has 1 heterocycles. The van der Waals surface area contributed by atoms with Crippen molar-refractivity contribution in [3.05, 3.63) is 29.3 Å². The largest absolute Gasteiger partial charge is 0.416 e. The van der Waals surface area contributed by atoms with Crippen molar-refractivity contribution >= 4 is 5.69 Å². The van der Waals surface area contributed by atoms with Crippen molar-refractivity contribution in [2.45, 2.75) is 25.9 Å². The Kier molecular flexibility index (Phi) is 2.82. The monoisotopic (exact) mass is 229 g/mol. The summed E-state index contributed by atoms with van der Waals surface area (Å²) < 4.78 is 37.7. The van der Waals surface area contributed by atoms with Gasteiger partial charge in [0, 0.05) is 18.8 Å². The Morgan fingerprint density at radius 3 is 2.69 bits per heavy atom. The molecule has 0 fully saturated rings. The normalized spacial score (nSPS) is 16.1. The average molecular weight is 229 g/mol. The Labute approximate surface area is 92.9 Å². The Hall–Kier alpha value is -1.19. The minimum absolute atomic E-state index is 0.549. The van der Waals surface area contributed by atoms with Gasteiger partial charge in [-0.05, 0) is 37.5 Å². The van der Waals surface area contributed by atoms with Gasteiger partial charge < -0.3 is 4.90 Å². The van der Waals surface area contributed by atoms with Gasteiger partial charge in [0.2, 0.25) is 0 Å². The summed E-state index contributed by atoms with van der Waals surface area (Å²) in [6.07, 6.45) is -2.35. The van der Waals surface area contributed by atoms with Crippen LogP contribution in [0, 0.1) is 0 Å². The van der Waals surface area contributed by atoms with Crippen molar-refractivity contribution in [3.8, 4) is 0 Å². The van der Waals surface area contributed by atoms with Gasteiger partial charge in [0.25, 0.3) is 0 Å². The van der Waals surface area contributed by atoms with E-state index in [0.717, 1.165) is 37.2 Å². The number of fused-ring (bicyclic) bond motifs is 1. The zero-order valence-corrected chi connectivity index (χ0v) is 9.14. The molecule has 0 atom stereocenters. The van der Waals surface area contributed by atoms with Crippen molar-refractivity contribution in [2.24, 2.45) is 0 Å². The molecule has 1 aromatic carbocycles. The molecule has 0 aromatic heterocycles. The number of rotatable bonds is 1. The molecule has 0 spiro atoms. The highest BCUT2D eigenvalue weighted by Crippen LogP contribution is 2.35. The highest BCUT2D eigenvalue weighted by Gasteiger charge is 2.31. The van der Waals surface area contributed by atoms with Gasteiger partial charge in [-0.15, -0.1) is 0 Å². The van der Waals surface area contributed by atoms with Gasteiger partial charge in [-0.2, -0.15) is 13.2 Å². The molecule has 0 bridgehead atoms. The lowest BCUT2D eigenvalue weighted by molar-refractivity contribution is -0.137. The van der Waals surface area contributed by atoms with Crippen LogP contribution in [0.5, 0.6) is 0 Å². The maximum absolute atomic E-state index is 12.6. The van der Waals surface area contributed by atoms with Gasteiger partial charge in [0.05, 0.1) is 5.56 Å². The fourth-order valence-corrected chi connectivity index (χ4v) is 2.16. The fraction of sp³-hybridized carbons (Fsp3) is 0.500. The molecule has 0 aliphatic carbocycles. The number of halogens is 3. The van der Waals surface area contributed by atoms with E-state index in [-0.39, 0.29) is 0 Å². The van der Waals surface area contributed by atoms with E-state index in [0.29, 0.717) is 0 Å². The van der Waals surface area contributed by atoms with Crippen LogP contribution in [0.15, 0.2) is 18.2 Å². The molecule has 1 aromatic rings. The summed E-state index contributed by atoms with van der Waals surface area (Å²) in [6, 6.07) is 4.07. The predicted molar refractivity (Wildman–Crippen MR) is 57.7 cm³/mol. The van der Waals surface area contributed by atoms with E-state index in [2.05, 4.69) is 0 Å². The van der Waals surface area contributed by atoms with Crippen LogP contribution in [0.3, 0.4) is 0 Å². The van der Waals surface area contributed by atoms with E-state index in [1.165, 1.54) is 12.1 Å². The van der Waals surface area contributed by atoms with Crippen LogP contribution in [-0.2, 0) is 12.6 Å². The molecule has 2 rings (SSSR count). The Morgan fingerprint density at radius 2 is 2.06 bits per heavy atom. The average Bonchev–Trinajstić information content (AvgIpc) is 2.26. The highest BCUT2D eigenvalue weighted by molar-refractivity contribution is 5.57. The zero-order valence-electron chi connectivity index (χ0n) is 9.14. The lowest BCUT2D eigenvalue weighted by atomic mass is 9.99. The van der Waals surface area contributed by atoms with E-state index < -0.39 is 11.7 Å². The summed E-state index contributed by atoms with van der Waals surface area (Å²) in [5, 5.41) is 0. The lowest BCUT2D eigenvalue weighted by Gasteiger charge is -2.30. The van der Waals surface area contributed by atoms with Crippen LogP contribution in [0.4, 0.5) is 18.9 Å². The minimum Gasteiger partial charge on any atom is -0.372 e. The number of benzene rings is 1. The molecule has 0 N–H and O–H groups in total. The minimum atomic E-state index is -4.24. The van der Waals surface area contributed by atoms with Crippen molar-refractivity contribution in [1.82, 2.24) is 0 Å². The zero-order chi connectivity index (χ0) is 11.8. The van der Waals surface area contributed by atoms with Gasteiger partial charge >= 0.3 is 6.18 Å². The number of nitrogens with zero attached hydrogens (tertiary/aromatic N) is 1. The molecule has 0 saturated carbocycles. The third-order valence-corrected chi connectivity index (χ3v) is 3.01. The van der Waals surface area contributed by atoms with E-state index in [1.54, 1.807) is 6.07 Å². The second-order valence-corrected chi connectivity index (χ2v) is 4.02. The molecule has 0 amide bonds. The third-order valence-electron chi connectivity index (χ3n) is 3.01. The molecule has 4 heteroatoms. The topological polar surface area (TPSA) is 3.24 Å². The molecule has 0 radical (unpaired) electrons. The van der Waals surface area contributed by atoms with E-state index >= 15 is 0 Å². The van der Waals surface area contributed by atoms with Crippen LogP contribution in [0.2, 0.25) is 0 Å². The van der Waals surface area contributed by atoms with Gasteiger partial charge in [0.15, 0.2) is 0 Å². The van der Waals surface area contributed by atoms with Crippen LogP contribution >= 0.6 is 0 Å². The first-order valence-corrected chi connectivity index (χ1v) is 5.47. The Balaban J connectivity index is 2.43. The summed E-state index contributed by atoms with van der Waals surface area (Å²) >= 11 is 0. The molecule has 1 nitrogen and oxygen atoms in total. The van der Waals surface area contributed by atoms with Crippen LogP contribution in [0.25, 0.3) is 0 Å². The van der Waals surface area contributed by atoms with E-state index in [1.807, 2.05) is 11.8 Å². The van der Waals surface area contributed by atoms with Crippen LogP contribution in [0.1, 0.15) is 24.5 Å². The fourth-order valence-electron chi connectivity index (χ4n) is 2.16. The molecule has 0 saturated heterocycles. The van der Waals surface area contributed by atoms with Crippen molar-refractivity contribution in [1.29, 1.82) is 0 Å². The van der Waals surface area contributed by atoms with Gasteiger partial charge in [-0.3, -0.25) is 0 Å². The van der Waals surface area contributed by atoms with Gasteiger partial charge in [-0.25, -0.2) is 0 Å². The molecule has 88 valence electrons. The maximum atomic E-state index is 12.6. The predicted octanol–water partition coefficient (Wildman–Crippen LogP) is 3.48. The second-order valence-electron chi connectivity index (χ2n) is 4.02. The number of hydrogen-bond donors (Lipinski definition) is 0. The molecular weight excluding hydrogens is 215 g/mol. The first-order chi connectivity index (χ1) is 7.52. The van der Waals surface area contributed by atoms with Gasteiger partial charge in [-0.1, -0.05) is 6.07 Å². The quantitative estimate of drug-likeness (QED) is 0.712. The van der Waals surface area contributed by atoms with Crippen molar-refractivity contribution in [3.63, 3.8) is 0 Å². The smallest absolute Gasteiger partial charge is 0.372 e. The maximum Gasteiger partial charge on any atom is 0.416 e. The molecule has 0 unspecified atom stereocenters. The van der Waals surface area contributed by atoms with Crippen LogP contribution in [-0.4, -0.2) is 13.1 Å². The standard InChI is InChI=1S/C12H14F3N/c1-2-16-7-3-4-9-5-6-10(8-11(9)16)12(13,14)15/h5-6,8H,2-4,7H2,1H3. The molecule has 1 aliphatic rings. The van der Waals surface area contributed by atoms with E-state index in [4.69, 9.17) is 0 Å². The van der Waals surface area contributed by atoms with Gasteiger partial charge in [0.1, 0.15) is 0 Å². The van der Waals surface area contributed by atoms with E-state index in [9.17, 15) is 13.2 Å². The molecule has 16 heavy (non-hydrogen) atoms. The van der Waals surface area contributed by atoms with Crippen molar-refractivity contribution in [2.75, 3.05) is 18.0 Å². The van der Waals surface area contributed by atoms with Crippen molar-refractivity contribution < 1.29 is 13.2 Å². The van der Waals surface area contributed by atoms with Crippen LogP contribution < -0.4 is 4.90 Å². The SMILES string of the molecule is CCN1CCCc2ccc(C(F)(F)F)cc21. The highest BCUT2D eigenvalue weighted by atomic mass is 19.4.